The third-order valence-electron chi connectivity index (χ3n) is 7.86. The summed E-state index contributed by atoms with van der Waals surface area (Å²) in [5.41, 5.74) is 3.33. The number of carbonyl (C=O) groups excluding carboxylic acids is 2. The lowest BCUT2D eigenvalue weighted by atomic mass is 9.48. The molecule has 0 saturated heterocycles. The molecule has 2 saturated carbocycles. The van der Waals surface area contributed by atoms with E-state index in [4.69, 9.17) is 0 Å². The molecule has 23 heavy (non-hydrogen) atoms. The Balaban J connectivity index is 1.70. The fraction of sp³-hybridized carbons (Fsp3) is 0.714. The minimum atomic E-state index is 0.106. The zero-order valence-corrected chi connectivity index (χ0v) is 14.7. The van der Waals surface area contributed by atoms with Crippen molar-refractivity contribution in [2.75, 3.05) is 0 Å². The van der Waals surface area contributed by atoms with Crippen LogP contribution in [-0.4, -0.2) is 11.6 Å². The second-order valence-electron chi connectivity index (χ2n) is 8.82. The summed E-state index contributed by atoms with van der Waals surface area (Å²) in [5.74, 6) is 2.20. The van der Waals surface area contributed by atoms with Gasteiger partial charge in [-0.25, -0.2) is 0 Å². The summed E-state index contributed by atoms with van der Waals surface area (Å²) in [6.07, 6.45) is 11.7. The molecule has 2 fully saturated rings. The van der Waals surface area contributed by atoms with Gasteiger partial charge in [-0.15, -0.1) is 0 Å². The number of allylic oxidation sites excluding steroid dienone is 4. The van der Waals surface area contributed by atoms with Gasteiger partial charge in [0.25, 0.3) is 0 Å². The van der Waals surface area contributed by atoms with Crippen molar-refractivity contribution in [1.29, 1.82) is 0 Å². The first-order valence-corrected chi connectivity index (χ1v) is 9.31. The van der Waals surface area contributed by atoms with Crippen molar-refractivity contribution in [3.05, 3.63) is 23.3 Å². The monoisotopic (exact) mass is 312 g/mol. The molecule has 0 aromatic carbocycles. The van der Waals surface area contributed by atoms with Gasteiger partial charge in [0.15, 0.2) is 5.78 Å². The smallest absolute Gasteiger partial charge is 0.155 e. The summed E-state index contributed by atoms with van der Waals surface area (Å²) in [5, 5.41) is 0. The van der Waals surface area contributed by atoms with Crippen LogP contribution in [-0.2, 0) is 9.59 Å². The molecule has 4 rings (SSSR count). The average molecular weight is 312 g/mol. The minimum absolute atomic E-state index is 0.106. The lowest BCUT2D eigenvalue weighted by Crippen LogP contribution is -2.48. The predicted molar refractivity (Wildman–Crippen MR) is 90.9 cm³/mol. The fourth-order valence-corrected chi connectivity index (χ4v) is 6.51. The van der Waals surface area contributed by atoms with Crippen LogP contribution in [0, 0.1) is 28.6 Å². The minimum Gasteiger partial charge on any atom is -0.300 e. The molecule has 0 N–H and O–H groups in total. The summed E-state index contributed by atoms with van der Waals surface area (Å²) in [6, 6.07) is 0. The maximum atomic E-state index is 12.1. The van der Waals surface area contributed by atoms with Crippen molar-refractivity contribution in [3.63, 3.8) is 0 Å². The van der Waals surface area contributed by atoms with Crippen LogP contribution in [0.25, 0.3) is 0 Å². The molecule has 4 aliphatic carbocycles. The molecule has 4 aliphatic rings. The van der Waals surface area contributed by atoms with Gasteiger partial charge in [0.05, 0.1) is 0 Å². The van der Waals surface area contributed by atoms with Gasteiger partial charge in [0.2, 0.25) is 0 Å². The molecule has 2 heteroatoms. The van der Waals surface area contributed by atoms with E-state index in [1.807, 2.05) is 6.08 Å². The molecule has 0 heterocycles. The van der Waals surface area contributed by atoms with E-state index >= 15 is 0 Å². The lowest BCUT2D eigenvalue weighted by Gasteiger charge is -2.56. The van der Waals surface area contributed by atoms with Crippen molar-refractivity contribution in [1.82, 2.24) is 0 Å². The van der Waals surface area contributed by atoms with Crippen molar-refractivity contribution < 1.29 is 9.59 Å². The summed E-state index contributed by atoms with van der Waals surface area (Å²) in [4.78, 5) is 24.0. The summed E-state index contributed by atoms with van der Waals surface area (Å²) < 4.78 is 0. The zero-order valence-electron chi connectivity index (χ0n) is 14.7. The van der Waals surface area contributed by atoms with Crippen LogP contribution in [0.15, 0.2) is 23.3 Å². The Morgan fingerprint density at radius 1 is 1.13 bits per heavy atom. The Labute approximate surface area is 139 Å². The van der Waals surface area contributed by atoms with Crippen LogP contribution in [0.4, 0.5) is 0 Å². The van der Waals surface area contributed by atoms with Gasteiger partial charge < -0.3 is 0 Å². The number of fused-ring (bicyclic) bond motifs is 5. The molecule has 124 valence electrons. The SMILES string of the molecule is CC(=O)[C@H]1CC=C2[C@H]3CCC4=CC(=O)CC[C@]4(C)[C@H]3CC[C@@]21C. The molecule has 0 aromatic heterocycles. The maximum absolute atomic E-state index is 12.1. The molecule has 5 atom stereocenters. The first-order valence-electron chi connectivity index (χ1n) is 9.31. The summed E-state index contributed by atoms with van der Waals surface area (Å²) >= 11 is 0. The molecule has 2 nitrogen and oxygen atoms in total. The normalized spacial score (nSPS) is 45.5. The highest BCUT2D eigenvalue weighted by atomic mass is 16.1. The molecular weight excluding hydrogens is 284 g/mol. The third kappa shape index (κ3) is 1.99. The zero-order chi connectivity index (χ0) is 16.4. The number of Topliss-reactive ketones (excluding diaryl/α,β-unsaturated/α-hetero) is 1. The van der Waals surface area contributed by atoms with E-state index < -0.39 is 0 Å². The van der Waals surface area contributed by atoms with Crippen LogP contribution >= 0.6 is 0 Å². The van der Waals surface area contributed by atoms with Crippen LogP contribution < -0.4 is 0 Å². The number of hydrogen-bond donors (Lipinski definition) is 0. The highest BCUT2D eigenvalue weighted by molar-refractivity contribution is 5.91. The van der Waals surface area contributed by atoms with Crippen LogP contribution in [0.5, 0.6) is 0 Å². The highest BCUT2D eigenvalue weighted by Crippen LogP contribution is 2.64. The van der Waals surface area contributed by atoms with Crippen molar-refractivity contribution in [2.24, 2.45) is 28.6 Å². The van der Waals surface area contributed by atoms with Gasteiger partial charge in [-0.2, -0.15) is 0 Å². The van der Waals surface area contributed by atoms with Gasteiger partial charge in [-0.3, -0.25) is 9.59 Å². The number of hydrogen-bond acceptors (Lipinski definition) is 2. The van der Waals surface area contributed by atoms with Gasteiger partial charge in [-0.05, 0) is 74.2 Å². The van der Waals surface area contributed by atoms with Gasteiger partial charge >= 0.3 is 0 Å². The van der Waals surface area contributed by atoms with E-state index in [1.165, 1.54) is 18.4 Å². The second-order valence-corrected chi connectivity index (χ2v) is 8.82. The quantitative estimate of drug-likeness (QED) is 0.661. The van der Waals surface area contributed by atoms with Gasteiger partial charge in [0, 0.05) is 12.3 Å². The lowest BCUT2D eigenvalue weighted by molar-refractivity contribution is -0.124. The molecule has 0 bridgehead atoms. The van der Waals surface area contributed by atoms with E-state index in [1.54, 1.807) is 12.5 Å². The van der Waals surface area contributed by atoms with Gasteiger partial charge in [-0.1, -0.05) is 31.1 Å². The van der Waals surface area contributed by atoms with E-state index in [0.717, 1.165) is 32.1 Å². The fourth-order valence-electron chi connectivity index (χ4n) is 6.51. The number of ketones is 2. The molecule has 0 radical (unpaired) electrons. The van der Waals surface area contributed by atoms with E-state index in [2.05, 4.69) is 19.9 Å². The Morgan fingerprint density at radius 3 is 2.65 bits per heavy atom. The van der Waals surface area contributed by atoms with Crippen molar-refractivity contribution >= 4 is 11.6 Å². The Morgan fingerprint density at radius 2 is 1.91 bits per heavy atom. The standard InChI is InChI=1S/C21H28O2/c1-13(22)17-6-7-18-16-5-4-14-12-15(23)8-10-20(14,2)19(16)9-11-21(17,18)3/h7,12,16-17,19H,4-6,8-11H2,1-3H3/t16-,17-,19+,20+,21-/m1/s1. The molecular formula is C21H28O2. The number of rotatable bonds is 1. The number of carbonyl (C=O) groups is 2. The highest BCUT2D eigenvalue weighted by Gasteiger charge is 2.56. The molecule has 0 spiro atoms. The Kier molecular flexibility index (Phi) is 3.28. The van der Waals surface area contributed by atoms with Crippen molar-refractivity contribution in [3.8, 4) is 0 Å². The third-order valence-corrected chi connectivity index (χ3v) is 7.86. The van der Waals surface area contributed by atoms with Crippen molar-refractivity contribution in [2.45, 2.75) is 65.7 Å². The predicted octanol–water partition coefficient (Wildman–Crippen LogP) is 4.64. The summed E-state index contributed by atoms with van der Waals surface area (Å²) in [7, 11) is 0. The van der Waals surface area contributed by atoms with Crippen LogP contribution in [0.2, 0.25) is 0 Å². The maximum Gasteiger partial charge on any atom is 0.155 e. The molecule has 0 aromatic rings. The molecule has 0 unspecified atom stereocenters. The topological polar surface area (TPSA) is 34.1 Å². The van der Waals surface area contributed by atoms with Gasteiger partial charge in [0.1, 0.15) is 5.78 Å². The first-order chi connectivity index (χ1) is 10.9. The van der Waals surface area contributed by atoms with E-state index in [0.29, 0.717) is 23.4 Å². The van der Waals surface area contributed by atoms with E-state index in [9.17, 15) is 9.59 Å². The summed E-state index contributed by atoms with van der Waals surface area (Å²) in [6.45, 7) is 6.52. The average Bonchev–Trinajstić information content (AvgIpc) is 2.85. The van der Waals surface area contributed by atoms with E-state index in [-0.39, 0.29) is 16.7 Å². The largest absolute Gasteiger partial charge is 0.300 e. The Hall–Kier alpha value is -1.18. The van der Waals surface area contributed by atoms with Crippen LogP contribution in [0.1, 0.15) is 65.7 Å². The molecule has 0 aliphatic heterocycles. The molecule has 0 amide bonds. The Bertz CT molecular complexity index is 640. The first kappa shape index (κ1) is 15.4. The second kappa shape index (κ2) is 4.91. The van der Waals surface area contributed by atoms with Crippen LogP contribution in [0.3, 0.4) is 0 Å².